The molecule has 0 saturated heterocycles. The van der Waals surface area contributed by atoms with Gasteiger partial charge in [0.2, 0.25) is 5.91 Å². The van der Waals surface area contributed by atoms with Gasteiger partial charge in [0.1, 0.15) is 18.1 Å². The Balaban J connectivity index is 1.70. The summed E-state index contributed by atoms with van der Waals surface area (Å²) in [6, 6.07) is 5.76. The molecule has 134 valence electrons. The first-order valence-corrected chi connectivity index (χ1v) is 8.44. The van der Waals surface area contributed by atoms with Crippen molar-refractivity contribution >= 4 is 5.91 Å². The van der Waals surface area contributed by atoms with E-state index in [0.29, 0.717) is 19.6 Å². The van der Waals surface area contributed by atoms with Gasteiger partial charge in [-0.05, 0) is 31.9 Å². The number of aryl methyl sites for hydroxylation is 2. The second kappa shape index (κ2) is 6.78. The van der Waals surface area contributed by atoms with E-state index in [1.807, 2.05) is 50.8 Å². The minimum Gasteiger partial charge on any atom is -0.497 e. The molecule has 0 radical (unpaired) electrons. The molecule has 0 saturated carbocycles. The smallest absolute Gasteiger partial charge is 0.229 e. The molecule has 1 amide bonds. The summed E-state index contributed by atoms with van der Waals surface area (Å²) in [6.45, 7) is 4.97. The second-order valence-corrected chi connectivity index (χ2v) is 6.65. The molecule has 0 spiro atoms. The van der Waals surface area contributed by atoms with Crippen LogP contribution in [0.15, 0.2) is 18.2 Å². The lowest BCUT2D eigenvalue weighted by molar-refractivity contribution is -0.136. The quantitative estimate of drug-likeness (QED) is 0.854. The van der Waals surface area contributed by atoms with Crippen LogP contribution in [0.5, 0.6) is 11.5 Å². The largest absolute Gasteiger partial charge is 0.497 e. The number of hydrogen-bond donors (Lipinski definition) is 0. The number of carbonyl (C=O) groups excluding carboxylic acids is 1. The Kier molecular flexibility index (Phi) is 4.70. The molecule has 0 unspecified atom stereocenters. The molecule has 0 aliphatic carbocycles. The first kappa shape index (κ1) is 17.3. The van der Waals surface area contributed by atoms with Crippen LogP contribution in [0.3, 0.4) is 0 Å². The summed E-state index contributed by atoms with van der Waals surface area (Å²) >= 11 is 0. The molecule has 2 aromatic rings. The molecule has 1 aliphatic rings. The van der Waals surface area contributed by atoms with Gasteiger partial charge in [0.15, 0.2) is 0 Å². The van der Waals surface area contributed by atoms with Gasteiger partial charge in [0.05, 0.1) is 18.7 Å². The summed E-state index contributed by atoms with van der Waals surface area (Å²) in [6.07, 6.45) is 0.688. The predicted octanol–water partition coefficient (Wildman–Crippen LogP) is 2.26. The fraction of sp³-hybridized carbons (Fsp3) is 0.474. The lowest BCUT2D eigenvalue weighted by Crippen LogP contribution is -2.38. The third-order valence-electron chi connectivity index (χ3n) is 4.96. The average molecular weight is 343 g/mol. The molecule has 1 aromatic heterocycles. The van der Waals surface area contributed by atoms with Crippen LogP contribution in [0.2, 0.25) is 0 Å². The molecular formula is C19H25N3O3. The molecule has 0 N–H and O–H groups in total. The average Bonchev–Trinajstić information content (AvgIpc) is 2.86. The third kappa shape index (κ3) is 3.34. The van der Waals surface area contributed by atoms with Gasteiger partial charge in [-0.1, -0.05) is 6.07 Å². The van der Waals surface area contributed by atoms with E-state index in [0.717, 1.165) is 34.0 Å². The predicted molar refractivity (Wildman–Crippen MR) is 94.8 cm³/mol. The van der Waals surface area contributed by atoms with Gasteiger partial charge >= 0.3 is 0 Å². The monoisotopic (exact) mass is 343 g/mol. The number of nitrogens with zero attached hydrogens (tertiary/aromatic N) is 3. The lowest BCUT2D eigenvalue weighted by atomic mass is 9.95. The first-order chi connectivity index (χ1) is 11.9. The number of rotatable bonds is 4. The molecule has 25 heavy (non-hydrogen) atoms. The minimum absolute atomic E-state index is 0.101. The van der Waals surface area contributed by atoms with Crippen LogP contribution in [-0.2, 0) is 24.8 Å². The van der Waals surface area contributed by atoms with Crippen molar-refractivity contribution in [3.8, 4) is 11.5 Å². The summed E-state index contributed by atoms with van der Waals surface area (Å²) in [5.74, 6) is 1.51. The summed E-state index contributed by atoms with van der Waals surface area (Å²) in [7, 11) is 5.40. The number of ether oxygens (including phenoxy) is 2. The Morgan fingerprint density at radius 2 is 2.20 bits per heavy atom. The zero-order valence-electron chi connectivity index (χ0n) is 15.5. The first-order valence-electron chi connectivity index (χ1n) is 8.44. The van der Waals surface area contributed by atoms with Crippen LogP contribution in [-0.4, -0.2) is 41.4 Å². The molecule has 6 nitrogen and oxygen atoms in total. The number of fused-ring (bicyclic) bond motifs is 1. The minimum atomic E-state index is -0.164. The van der Waals surface area contributed by atoms with Gasteiger partial charge in [0.25, 0.3) is 0 Å². The maximum absolute atomic E-state index is 12.9. The van der Waals surface area contributed by atoms with E-state index in [2.05, 4.69) is 5.10 Å². The fourth-order valence-electron chi connectivity index (χ4n) is 3.31. The zero-order chi connectivity index (χ0) is 18.1. The Morgan fingerprint density at radius 1 is 1.44 bits per heavy atom. The maximum atomic E-state index is 12.9. The molecule has 1 aliphatic heterocycles. The van der Waals surface area contributed by atoms with E-state index in [1.165, 1.54) is 0 Å². The van der Waals surface area contributed by atoms with Gasteiger partial charge < -0.3 is 14.4 Å². The molecule has 6 heteroatoms. The van der Waals surface area contributed by atoms with Crippen LogP contribution in [0.1, 0.15) is 22.5 Å². The third-order valence-corrected chi connectivity index (χ3v) is 4.96. The highest BCUT2D eigenvalue weighted by Crippen LogP contribution is 2.31. The van der Waals surface area contributed by atoms with Gasteiger partial charge in [-0.2, -0.15) is 5.10 Å². The highest BCUT2D eigenvalue weighted by atomic mass is 16.5. The van der Waals surface area contributed by atoms with E-state index in [4.69, 9.17) is 9.47 Å². The van der Waals surface area contributed by atoms with E-state index in [1.54, 1.807) is 12.0 Å². The number of hydrogen-bond acceptors (Lipinski definition) is 4. The van der Waals surface area contributed by atoms with Crippen molar-refractivity contribution in [3.63, 3.8) is 0 Å². The molecular weight excluding hydrogens is 318 g/mol. The molecule has 0 fully saturated rings. The molecule has 1 atom stereocenters. The SMILES string of the molecule is COc1ccc2c(c1)OC[C@@H](C(=O)N(C)Cc1c(C)nn(C)c1C)C2. The summed E-state index contributed by atoms with van der Waals surface area (Å²) in [5.41, 5.74) is 4.22. The molecule has 2 heterocycles. The normalized spacial score (nSPS) is 16.1. The van der Waals surface area contributed by atoms with E-state index in [-0.39, 0.29) is 11.8 Å². The van der Waals surface area contributed by atoms with E-state index in [9.17, 15) is 4.79 Å². The number of amides is 1. The van der Waals surface area contributed by atoms with Crippen molar-refractivity contribution in [1.29, 1.82) is 0 Å². The van der Waals surface area contributed by atoms with Crippen molar-refractivity contribution in [2.24, 2.45) is 13.0 Å². The van der Waals surface area contributed by atoms with Gasteiger partial charge in [-0.15, -0.1) is 0 Å². The van der Waals surface area contributed by atoms with E-state index < -0.39 is 0 Å². The summed E-state index contributed by atoms with van der Waals surface area (Å²) in [5, 5.41) is 4.42. The van der Waals surface area contributed by atoms with Crippen molar-refractivity contribution in [3.05, 3.63) is 40.7 Å². The van der Waals surface area contributed by atoms with Gasteiger partial charge in [-0.25, -0.2) is 0 Å². The molecule has 0 bridgehead atoms. The van der Waals surface area contributed by atoms with Crippen molar-refractivity contribution < 1.29 is 14.3 Å². The van der Waals surface area contributed by atoms with Crippen LogP contribution in [0, 0.1) is 19.8 Å². The number of methoxy groups -OCH3 is 1. The second-order valence-electron chi connectivity index (χ2n) is 6.65. The van der Waals surface area contributed by atoms with E-state index >= 15 is 0 Å². The Labute approximate surface area is 148 Å². The van der Waals surface area contributed by atoms with Crippen molar-refractivity contribution in [1.82, 2.24) is 14.7 Å². The van der Waals surface area contributed by atoms with Crippen LogP contribution >= 0.6 is 0 Å². The number of carbonyl (C=O) groups is 1. The molecule has 3 rings (SSSR count). The van der Waals surface area contributed by atoms with Crippen LogP contribution in [0.4, 0.5) is 0 Å². The maximum Gasteiger partial charge on any atom is 0.229 e. The van der Waals surface area contributed by atoms with Crippen LogP contribution < -0.4 is 9.47 Å². The topological polar surface area (TPSA) is 56.6 Å². The number of benzene rings is 1. The highest BCUT2D eigenvalue weighted by molar-refractivity contribution is 5.79. The summed E-state index contributed by atoms with van der Waals surface area (Å²) < 4.78 is 12.9. The summed E-state index contributed by atoms with van der Waals surface area (Å²) in [4.78, 5) is 14.6. The van der Waals surface area contributed by atoms with Crippen molar-refractivity contribution in [2.45, 2.75) is 26.8 Å². The fourth-order valence-corrected chi connectivity index (χ4v) is 3.31. The highest BCUT2D eigenvalue weighted by Gasteiger charge is 2.29. The standard InChI is InChI=1S/C19H25N3O3/c1-12-17(13(2)22(4)20-12)10-21(3)19(23)15-8-14-6-7-16(24-5)9-18(14)25-11-15/h6-7,9,15H,8,10-11H2,1-5H3/t15-/m0/s1. The Hall–Kier alpha value is -2.50. The Bertz CT molecular complexity index is 797. The van der Waals surface area contributed by atoms with Crippen LogP contribution in [0.25, 0.3) is 0 Å². The Morgan fingerprint density at radius 3 is 2.84 bits per heavy atom. The number of aromatic nitrogens is 2. The van der Waals surface area contributed by atoms with Crippen molar-refractivity contribution in [2.75, 3.05) is 20.8 Å². The molecule has 1 aromatic carbocycles. The van der Waals surface area contributed by atoms with Gasteiger partial charge in [0, 0.05) is 38.0 Å². The van der Waals surface area contributed by atoms with Gasteiger partial charge in [-0.3, -0.25) is 9.48 Å². The zero-order valence-corrected chi connectivity index (χ0v) is 15.5. The lowest BCUT2D eigenvalue weighted by Gasteiger charge is -2.28.